The number of ether oxygens (including phenoxy) is 1. The molecule has 1 amide bonds. The average Bonchev–Trinajstić information content (AvgIpc) is 2.41. The molecular weight excluding hydrogens is 264 g/mol. The highest BCUT2D eigenvalue weighted by Crippen LogP contribution is 2.11. The molecule has 1 aromatic carbocycles. The van der Waals surface area contributed by atoms with Crippen molar-refractivity contribution in [2.75, 3.05) is 13.7 Å². The van der Waals surface area contributed by atoms with Crippen molar-refractivity contribution < 1.29 is 24.5 Å². The number of methoxy groups -OCH3 is 1. The lowest BCUT2D eigenvalue weighted by molar-refractivity contribution is -0.143. The minimum atomic E-state index is -1.15. The van der Waals surface area contributed by atoms with Gasteiger partial charge in [0, 0.05) is 20.1 Å². The van der Waals surface area contributed by atoms with E-state index < -0.39 is 24.0 Å². The Hall–Kier alpha value is -2.12. The molecule has 0 aliphatic heterocycles. The molecule has 110 valence electrons. The Balaban J connectivity index is 2.72. The Labute approximate surface area is 116 Å². The van der Waals surface area contributed by atoms with Gasteiger partial charge in [-0.2, -0.15) is 0 Å². The van der Waals surface area contributed by atoms with Crippen LogP contribution in [0, 0.1) is 0 Å². The molecule has 1 aromatic rings. The third-order valence-electron chi connectivity index (χ3n) is 2.78. The lowest BCUT2D eigenvalue weighted by Crippen LogP contribution is -2.49. The molecule has 0 aliphatic carbocycles. The number of hydrogen-bond donors (Lipinski definition) is 4. The minimum Gasteiger partial charge on any atom is -0.508 e. The van der Waals surface area contributed by atoms with Gasteiger partial charge in [0.15, 0.2) is 0 Å². The van der Waals surface area contributed by atoms with Crippen molar-refractivity contribution in [2.24, 2.45) is 5.73 Å². The lowest BCUT2D eigenvalue weighted by atomic mass is 10.1. The van der Waals surface area contributed by atoms with E-state index in [1.807, 2.05) is 0 Å². The first kappa shape index (κ1) is 15.9. The van der Waals surface area contributed by atoms with E-state index in [2.05, 4.69) is 5.32 Å². The Morgan fingerprint density at radius 1 is 1.35 bits per heavy atom. The highest BCUT2D eigenvalue weighted by molar-refractivity contribution is 5.86. The molecule has 1 rings (SSSR count). The zero-order valence-corrected chi connectivity index (χ0v) is 11.1. The van der Waals surface area contributed by atoms with Crippen molar-refractivity contribution in [1.82, 2.24) is 5.32 Å². The van der Waals surface area contributed by atoms with Crippen LogP contribution in [-0.4, -0.2) is 47.9 Å². The molecule has 2 atom stereocenters. The van der Waals surface area contributed by atoms with Gasteiger partial charge in [-0.1, -0.05) is 12.1 Å². The lowest BCUT2D eigenvalue weighted by Gasteiger charge is -2.18. The van der Waals surface area contributed by atoms with Crippen molar-refractivity contribution in [3.05, 3.63) is 29.8 Å². The summed E-state index contributed by atoms with van der Waals surface area (Å²) < 4.78 is 4.84. The second kappa shape index (κ2) is 7.46. The number of amides is 1. The van der Waals surface area contributed by atoms with Crippen LogP contribution in [0.4, 0.5) is 0 Å². The number of aliphatic carboxylic acids is 1. The summed E-state index contributed by atoms with van der Waals surface area (Å²) in [7, 11) is 1.33. The maximum atomic E-state index is 11.7. The van der Waals surface area contributed by atoms with E-state index in [0.29, 0.717) is 5.56 Å². The van der Waals surface area contributed by atoms with Gasteiger partial charge in [0.2, 0.25) is 0 Å². The van der Waals surface area contributed by atoms with E-state index >= 15 is 0 Å². The monoisotopic (exact) mass is 282 g/mol. The highest BCUT2D eigenvalue weighted by atomic mass is 16.5. The van der Waals surface area contributed by atoms with Crippen molar-refractivity contribution in [3.63, 3.8) is 0 Å². The number of hydrogen-bond acceptors (Lipinski definition) is 5. The van der Waals surface area contributed by atoms with Gasteiger partial charge in [0.1, 0.15) is 17.9 Å². The van der Waals surface area contributed by atoms with Gasteiger partial charge >= 0.3 is 5.97 Å². The van der Waals surface area contributed by atoms with Crippen LogP contribution in [0.5, 0.6) is 5.75 Å². The Morgan fingerprint density at radius 2 is 1.95 bits per heavy atom. The number of phenolic OH excluding ortho intramolecular Hbond substituents is 1. The number of carbonyl (C=O) groups is 2. The molecule has 1 unspecified atom stereocenters. The summed E-state index contributed by atoms with van der Waals surface area (Å²) in [6, 6.07) is 5.00. The van der Waals surface area contributed by atoms with Crippen LogP contribution in [0.25, 0.3) is 0 Å². The molecule has 0 spiro atoms. The minimum absolute atomic E-state index is 0.0338. The summed E-state index contributed by atoms with van der Waals surface area (Å²) in [5.41, 5.74) is 6.02. The van der Waals surface area contributed by atoms with Crippen LogP contribution in [-0.2, 0) is 20.7 Å². The van der Waals surface area contributed by atoms with Crippen molar-refractivity contribution in [3.8, 4) is 5.75 Å². The van der Waals surface area contributed by atoms with Crippen LogP contribution in [0.1, 0.15) is 5.56 Å². The fraction of sp³-hybridized carbons (Fsp3) is 0.385. The maximum Gasteiger partial charge on any atom is 0.326 e. The predicted molar refractivity (Wildman–Crippen MR) is 71.2 cm³/mol. The molecule has 0 saturated heterocycles. The van der Waals surface area contributed by atoms with E-state index in [9.17, 15) is 9.59 Å². The number of nitrogens with one attached hydrogen (secondary N) is 1. The summed E-state index contributed by atoms with van der Waals surface area (Å²) in [5, 5.41) is 20.7. The van der Waals surface area contributed by atoms with Gasteiger partial charge in [-0.15, -0.1) is 0 Å². The molecule has 20 heavy (non-hydrogen) atoms. The van der Waals surface area contributed by atoms with Gasteiger partial charge < -0.3 is 26.0 Å². The number of carboxylic acid groups (broad SMARTS) is 1. The van der Waals surface area contributed by atoms with E-state index in [1.54, 1.807) is 12.1 Å². The van der Waals surface area contributed by atoms with Gasteiger partial charge in [-0.05, 0) is 17.7 Å². The Bertz CT molecular complexity index is 456. The first-order valence-corrected chi connectivity index (χ1v) is 6.02. The molecule has 0 radical (unpaired) electrons. The molecule has 0 saturated carbocycles. The van der Waals surface area contributed by atoms with Gasteiger partial charge in [0.05, 0.1) is 0 Å². The molecule has 0 bridgehead atoms. The summed E-state index contributed by atoms with van der Waals surface area (Å²) in [4.78, 5) is 22.9. The third-order valence-corrected chi connectivity index (χ3v) is 2.78. The summed E-state index contributed by atoms with van der Waals surface area (Å²) >= 11 is 0. The van der Waals surface area contributed by atoms with E-state index in [0.717, 1.165) is 0 Å². The maximum absolute atomic E-state index is 11.7. The Kier molecular flexibility index (Phi) is 5.95. The van der Waals surface area contributed by atoms with Crippen LogP contribution in [0.15, 0.2) is 24.3 Å². The standard InChI is InChI=1S/C13H18N2O5/c1-20-11(7-14)12(17)15-10(13(18)19)6-8-2-4-9(16)5-3-8/h2-5,10-11,16H,6-7,14H2,1H3,(H,15,17)(H,18,19)/t10-,11?/m0/s1. The van der Waals surface area contributed by atoms with E-state index in [1.165, 1.54) is 19.2 Å². The second-order valence-corrected chi connectivity index (χ2v) is 4.23. The molecule has 0 fully saturated rings. The van der Waals surface area contributed by atoms with Crippen molar-refractivity contribution >= 4 is 11.9 Å². The molecular formula is C13H18N2O5. The highest BCUT2D eigenvalue weighted by Gasteiger charge is 2.24. The first-order valence-electron chi connectivity index (χ1n) is 6.02. The first-order chi connectivity index (χ1) is 9.47. The number of phenols is 1. The van der Waals surface area contributed by atoms with E-state index in [4.69, 9.17) is 20.7 Å². The zero-order valence-electron chi connectivity index (χ0n) is 11.1. The zero-order chi connectivity index (χ0) is 15.1. The van der Waals surface area contributed by atoms with Gasteiger partial charge in [-0.3, -0.25) is 4.79 Å². The third kappa shape index (κ3) is 4.52. The Morgan fingerprint density at radius 3 is 2.40 bits per heavy atom. The average molecular weight is 282 g/mol. The topological polar surface area (TPSA) is 122 Å². The molecule has 0 heterocycles. The second-order valence-electron chi connectivity index (χ2n) is 4.23. The number of nitrogens with two attached hydrogens (primary N) is 1. The summed E-state index contributed by atoms with van der Waals surface area (Å²) in [6.07, 6.45) is -0.779. The van der Waals surface area contributed by atoms with E-state index in [-0.39, 0.29) is 18.7 Å². The molecule has 7 heteroatoms. The number of rotatable bonds is 7. The number of benzene rings is 1. The number of carbonyl (C=O) groups excluding carboxylic acids is 1. The number of aromatic hydroxyl groups is 1. The van der Waals surface area contributed by atoms with Crippen LogP contribution in [0.2, 0.25) is 0 Å². The van der Waals surface area contributed by atoms with Crippen molar-refractivity contribution in [2.45, 2.75) is 18.6 Å². The van der Waals surface area contributed by atoms with Crippen LogP contribution >= 0.6 is 0 Å². The summed E-state index contributed by atoms with van der Waals surface area (Å²) in [5.74, 6) is -1.63. The van der Waals surface area contributed by atoms with Crippen molar-refractivity contribution in [1.29, 1.82) is 0 Å². The van der Waals surface area contributed by atoms with Crippen LogP contribution in [0.3, 0.4) is 0 Å². The van der Waals surface area contributed by atoms with Gasteiger partial charge in [-0.25, -0.2) is 4.79 Å². The quantitative estimate of drug-likeness (QED) is 0.533. The smallest absolute Gasteiger partial charge is 0.326 e. The summed E-state index contributed by atoms with van der Waals surface area (Å²) in [6.45, 7) is -0.0338. The fourth-order valence-corrected chi connectivity index (χ4v) is 1.64. The number of carboxylic acids is 1. The SMILES string of the molecule is COC(CN)C(=O)N[C@@H](Cc1ccc(O)cc1)C(=O)O. The molecule has 7 nitrogen and oxygen atoms in total. The molecule has 5 N–H and O–H groups in total. The fourth-order valence-electron chi connectivity index (χ4n) is 1.64. The van der Waals surface area contributed by atoms with Gasteiger partial charge in [0.25, 0.3) is 5.91 Å². The normalized spacial score (nSPS) is 13.5. The predicted octanol–water partition coefficient (Wildman–Crippen LogP) is -0.522. The molecule has 0 aromatic heterocycles. The van der Waals surface area contributed by atoms with Crippen LogP contribution < -0.4 is 11.1 Å². The largest absolute Gasteiger partial charge is 0.508 e. The molecule has 0 aliphatic rings.